The van der Waals surface area contributed by atoms with E-state index in [1.54, 1.807) is 13.8 Å². The second kappa shape index (κ2) is 10.3. The lowest BCUT2D eigenvalue weighted by Gasteiger charge is -2.66. The molecule has 0 aromatic rings. The molecule has 13 heteroatoms. The van der Waals surface area contributed by atoms with Gasteiger partial charge in [0.2, 0.25) is 5.91 Å². The fourth-order valence-electron chi connectivity index (χ4n) is 8.30. The van der Waals surface area contributed by atoms with E-state index in [0.29, 0.717) is 12.8 Å². The van der Waals surface area contributed by atoms with Crippen molar-refractivity contribution in [3.8, 4) is 0 Å². The molecule has 0 spiro atoms. The van der Waals surface area contributed by atoms with E-state index in [1.165, 1.54) is 20.8 Å². The zero-order valence-electron chi connectivity index (χ0n) is 25.3. The van der Waals surface area contributed by atoms with Gasteiger partial charge in [0.15, 0.2) is 11.9 Å². The van der Waals surface area contributed by atoms with Gasteiger partial charge in [-0.3, -0.25) is 14.4 Å². The Morgan fingerprint density at radius 3 is 2.21 bits per heavy atom. The molecule has 2 bridgehead atoms. The van der Waals surface area contributed by atoms with Crippen molar-refractivity contribution in [3.05, 3.63) is 11.1 Å². The van der Waals surface area contributed by atoms with Crippen molar-refractivity contribution < 1.29 is 58.9 Å². The Balaban J connectivity index is 1.63. The van der Waals surface area contributed by atoms with Crippen LogP contribution in [0.25, 0.3) is 0 Å². The number of aliphatic hydroxyl groups excluding tert-OH is 3. The van der Waals surface area contributed by atoms with Crippen LogP contribution in [0.3, 0.4) is 0 Å². The number of fused-ring (bicyclic) bond motifs is 5. The monoisotopic (exact) mass is 609 g/mol. The Bertz CT molecular complexity index is 1260. The molecule has 11 atom stereocenters. The zero-order valence-corrected chi connectivity index (χ0v) is 25.3. The number of amides is 1. The van der Waals surface area contributed by atoms with Crippen molar-refractivity contribution in [2.75, 3.05) is 6.61 Å². The molecule has 0 aromatic carbocycles. The number of ether oxygens (including phenoxy) is 3. The molecule has 1 heterocycles. The second-order valence-electron chi connectivity index (χ2n) is 13.9. The van der Waals surface area contributed by atoms with Crippen LogP contribution in [0.5, 0.6) is 0 Å². The van der Waals surface area contributed by atoms with Gasteiger partial charge < -0.3 is 45.1 Å². The molecular formula is C30H43NO12. The molecule has 5 rings (SSSR count). The first kappa shape index (κ1) is 32.0. The summed E-state index contributed by atoms with van der Waals surface area (Å²) in [6, 6.07) is -0.887. The third-order valence-corrected chi connectivity index (χ3v) is 11.0. The lowest BCUT2D eigenvalue weighted by atomic mass is 9.45. The first-order valence-electron chi connectivity index (χ1n) is 14.8. The quantitative estimate of drug-likeness (QED) is 0.159. The fraction of sp³-hybridized carbons (Fsp3) is 0.800. The van der Waals surface area contributed by atoms with Crippen molar-refractivity contribution in [1.82, 2.24) is 5.32 Å². The van der Waals surface area contributed by atoms with E-state index in [-0.39, 0.29) is 30.1 Å². The van der Waals surface area contributed by atoms with Crippen LogP contribution in [-0.4, -0.2) is 110 Å². The minimum atomic E-state index is -2.17. The zero-order chi connectivity index (χ0) is 32.0. The SMILES string of the molecule is CC(=O)N[C@@H](C1CC1)[C@@H](O)C(=O)O[C@H]1C[C@@]2(O)[C@@H](OC(C)=O)[C@@H]3[C@]4(O)CO[C@@H]4C[C@H](O)[C@@]3(C)C(=O)[C@H](O)C(=C1C)C2(C)C. The van der Waals surface area contributed by atoms with Gasteiger partial charge in [-0.05, 0) is 43.8 Å². The number of carbonyl (C=O) groups excluding carboxylic acids is 4. The van der Waals surface area contributed by atoms with Crippen LogP contribution in [0.1, 0.15) is 67.2 Å². The number of hydrogen-bond acceptors (Lipinski definition) is 12. The topological polar surface area (TPSA) is 209 Å². The van der Waals surface area contributed by atoms with Crippen LogP contribution in [0.2, 0.25) is 0 Å². The summed E-state index contributed by atoms with van der Waals surface area (Å²) in [4.78, 5) is 51.9. The second-order valence-corrected chi connectivity index (χ2v) is 13.9. The molecule has 5 aliphatic rings. The first-order chi connectivity index (χ1) is 19.8. The number of carbonyl (C=O) groups is 4. The maximum absolute atomic E-state index is 14.3. The molecule has 0 radical (unpaired) electrons. The molecule has 6 N–H and O–H groups in total. The first-order valence-corrected chi connectivity index (χ1v) is 14.8. The van der Waals surface area contributed by atoms with E-state index in [0.717, 1.165) is 6.92 Å². The lowest BCUT2D eigenvalue weighted by Crippen LogP contribution is -2.81. The van der Waals surface area contributed by atoms with Gasteiger partial charge in [-0.1, -0.05) is 13.8 Å². The summed E-state index contributed by atoms with van der Waals surface area (Å²) in [5.74, 6) is -4.73. The van der Waals surface area contributed by atoms with E-state index < -0.39 is 101 Å². The number of rotatable bonds is 6. The maximum Gasteiger partial charge on any atom is 0.337 e. The van der Waals surface area contributed by atoms with Crippen molar-refractivity contribution in [1.29, 1.82) is 0 Å². The Morgan fingerprint density at radius 2 is 1.70 bits per heavy atom. The number of nitrogens with one attached hydrogen (secondary N) is 1. The molecule has 3 saturated carbocycles. The van der Waals surface area contributed by atoms with Crippen LogP contribution in [0, 0.1) is 22.7 Å². The highest BCUT2D eigenvalue weighted by Gasteiger charge is 2.76. The van der Waals surface area contributed by atoms with Gasteiger partial charge in [0.1, 0.15) is 29.5 Å². The molecule has 240 valence electrons. The van der Waals surface area contributed by atoms with Crippen LogP contribution in [-0.2, 0) is 33.4 Å². The van der Waals surface area contributed by atoms with Gasteiger partial charge in [-0.2, -0.15) is 0 Å². The Labute approximate surface area is 249 Å². The van der Waals surface area contributed by atoms with Crippen molar-refractivity contribution in [3.63, 3.8) is 0 Å². The summed E-state index contributed by atoms with van der Waals surface area (Å²) in [5, 5.41) is 61.1. The normalized spacial score (nSPS) is 43.1. The summed E-state index contributed by atoms with van der Waals surface area (Å²) in [7, 11) is 0. The van der Waals surface area contributed by atoms with Gasteiger partial charge in [0.05, 0.1) is 30.3 Å². The average Bonchev–Trinajstić information content (AvgIpc) is 3.75. The van der Waals surface area contributed by atoms with E-state index in [4.69, 9.17) is 14.2 Å². The van der Waals surface area contributed by atoms with E-state index in [9.17, 15) is 44.7 Å². The van der Waals surface area contributed by atoms with Gasteiger partial charge in [0, 0.05) is 38.0 Å². The molecule has 0 aromatic heterocycles. The Kier molecular flexibility index (Phi) is 7.67. The maximum atomic E-state index is 14.3. The highest BCUT2D eigenvalue weighted by Crippen LogP contribution is 2.63. The molecule has 1 aliphatic heterocycles. The minimum absolute atomic E-state index is 0.0159. The predicted octanol–water partition coefficient (Wildman–Crippen LogP) is -0.956. The number of ketones is 1. The highest BCUT2D eigenvalue weighted by atomic mass is 16.6. The Morgan fingerprint density at radius 1 is 1.07 bits per heavy atom. The van der Waals surface area contributed by atoms with E-state index >= 15 is 0 Å². The van der Waals surface area contributed by atoms with Crippen molar-refractivity contribution in [2.45, 2.75) is 121 Å². The lowest BCUT2D eigenvalue weighted by molar-refractivity contribution is -0.345. The van der Waals surface area contributed by atoms with Crippen LogP contribution >= 0.6 is 0 Å². The molecular weight excluding hydrogens is 566 g/mol. The van der Waals surface area contributed by atoms with Crippen LogP contribution in [0.4, 0.5) is 0 Å². The molecule has 1 saturated heterocycles. The summed E-state index contributed by atoms with van der Waals surface area (Å²) < 4.78 is 17.1. The largest absolute Gasteiger partial charge is 0.459 e. The molecule has 1 amide bonds. The summed E-state index contributed by atoms with van der Waals surface area (Å²) in [6.45, 7) is 8.16. The average molecular weight is 610 g/mol. The van der Waals surface area contributed by atoms with Crippen molar-refractivity contribution >= 4 is 23.6 Å². The standard InChI is InChI=1S/C30H43NO12/c1-12-16(43-26(38)22(36)20(15-7-8-15)31-13(2)32)10-30(40)25(42-14(3)33)23-28(6,17(34)9-18-29(23,39)11-41-18)24(37)21(35)19(12)27(30,4)5/h15-18,20-23,25,34-36,39-40H,7-11H2,1-6H3,(H,31,32)/t16-,17-,18+,20-,21+,22+,23-,25-,28+,29-,30+/m0/s1. The third-order valence-electron chi connectivity index (χ3n) is 11.0. The third kappa shape index (κ3) is 4.57. The molecule has 13 nitrogen and oxygen atoms in total. The number of esters is 2. The summed E-state index contributed by atoms with van der Waals surface area (Å²) in [5.41, 5.74) is -7.07. The van der Waals surface area contributed by atoms with Gasteiger partial charge in [-0.15, -0.1) is 0 Å². The van der Waals surface area contributed by atoms with E-state index in [1.807, 2.05) is 0 Å². The Hall–Kier alpha value is -2.42. The van der Waals surface area contributed by atoms with Crippen LogP contribution < -0.4 is 5.32 Å². The smallest absolute Gasteiger partial charge is 0.337 e. The summed E-state index contributed by atoms with van der Waals surface area (Å²) >= 11 is 0. The predicted molar refractivity (Wildman–Crippen MR) is 146 cm³/mol. The summed E-state index contributed by atoms with van der Waals surface area (Å²) in [6.07, 6.45) is -8.01. The number of Topliss-reactive ketones (excluding diaryl/α,β-unsaturated/α-hetero) is 1. The number of aliphatic hydroxyl groups is 5. The van der Waals surface area contributed by atoms with Crippen molar-refractivity contribution in [2.24, 2.45) is 22.7 Å². The molecule has 4 aliphatic carbocycles. The highest BCUT2D eigenvalue weighted by molar-refractivity contribution is 5.93. The van der Waals surface area contributed by atoms with Gasteiger partial charge in [-0.25, -0.2) is 4.79 Å². The fourth-order valence-corrected chi connectivity index (χ4v) is 8.30. The van der Waals surface area contributed by atoms with Gasteiger partial charge >= 0.3 is 11.9 Å². The minimum Gasteiger partial charge on any atom is -0.459 e. The molecule has 43 heavy (non-hydrogen) atoms. The number of hydrogen-bond donors (Lipinski definition) is 6. The van der Waals surface area contributed by atoms with Gasteiger partial charge in [0.25, 0.3) is 0 Å². The molecule has 4 fully saturated rings. The van der Waals surface area contributed by atoms with Crippen LogP contribution in [0.15, 0.2) is 11.1 Å². The van der Waals surface area contributed by atoms with E-state index in [2.05, 4.69) is 5.32 Å². The molecule has 0 unspecified atom stereocenters.